The van der Waals surface area contributed by atoms with Gasteiger partial charge in [-0.15, -0.1) is 11.3 Å². The lowest BCUT2D eigenvalue weighted by Gasteiger charge is -2.17. The molecule has 0 radical (unpaired) electrons. The highest BCUT2D eigenvalue weighted by Gasteiger charge is 2.14. The van der Waals surface area contributed by atoms with Gasteiger partial charge in [0.1, 0.15) is 11.8 Å². The van der Waals surface area contributed by atoms with Gasteiger partial charge in [-0.3, -0.25) is 0 Å². The molecule has 1 unspecified atom stereocenters. The lowest BCUT2D eigenvalue weighted by atomic mass is 10.1. The summed E-state index contributed by atoms with van der Waals surface area (Å²) >= 11 is 1.62. The molecule has 2 aromatic rings. The number of para-hydroxylation sites is 1. The molecule has 0 aliphatic rings. The van der Waals surface area contributed by atoms with Gasteiger partial charge in [-0.05, 0) is 26.0 Å². The molecule has 0 bridgehead atoms. The highest BCUT2D eigenvalue weighted by molar-refractivity contribution is 7.09. The molecule has 19 heavy (non-hydrogen) atoms. The first-order chi connectivity index (χ1) is 9.15. The van der Waals surface area contributed by atoms with Crippen molar-refractivity contribution in [3.05, 3.63) is 39.8 Å². The number of thiazole rings is 1. The number of aryl methyl sites for hydroxylation is 1. The van der Waals surface area contributed by atoms with E-state index in [2.05, 4.69) is 16.4 Å². The Kier molecular flexibility index (Phi) is 4.03. The van der Waals surface area contributed by atoms with Crippen molar-refractivity contribution >= 4 is 17.0 Å². The summed E-state index contributed by atoms with van der Waals surface area (Å²) in [6.45, 7) is 3.99. The van der Waals surface area contributed by atoms with Crippen LogP contribution in [0.4, 0.5) is 5.69 Å². The van der Waals surface area contributed by atoms with Crippen LogP contribution >= 0.6 is 11.3 Å². The third-order valence-electron chi connectivity index (χ3n) is 2.81. The monoisotopic (exact) mass is 273 g/mol. The number of hydrogen-bond donors (Lipinski definition) is 1. The topological polar surface area (TPSA) is 57.9 Å². The Labute approximate surface area is 116 Å². The molecular formula is C14H15N3OS. The summed E-state index contributed by atoms with van der Waals surface area (Å²) in [6.07, 6.45) is 0. The van der Waals surface area contributed by atoms with E-state index in [-0.39, 0.29) is 6.04 Å². The maximum Gasteiger partial charge on any atom is 0.143 e. The van der Waals surface area contributed by atoms with Crippen LogP contribution in [0.5, 0.6) is 5.75 Å². The SMILES string of the molecule is COc1cccc(C#N)c1NC(C)c1csc(C)n1. The van der Waals surface area contributed by atoms with Crippen molar-refractivity contribution in [1.82, 2.24) is 4.98 Å². The predicted molar refractivity (Wildman–Crippen MR) is 76.6 cm³/mol. The summed E-state index contributed by atoms with van der Waals surface area (Å²) in [4.78, 5) is 4.45. The zero-order valence-corrected chi connectivity index (χ0v) is 11.9. The zero-order chi connectivity index (χ0) is 13.8. The number of methoxy groups -OCH3 is 1. The number of aromatic nitrogens is 1. The number of nitrogens with zero attached hydrogens (tertiary/aromatic N) is 2. The van der Waals surface area contributed by atoms with Crippen LogP contribution in [0.25, 0.3) is 0 Å². The van der Waals surface area contributed by atoms with Crippen LogP contribution in [0, 0.1) is 18.3 Å². The van der Waals surface area contributed by atoms with E-state index in [1.54, 1.807) is 30.6 Å². The second kappa shape index (κ2) is 5.72. The molecule has 2 rings (SSSR count). The van der Waals surface area contributed by atoms with Crippen LogP contribution in [-0.2, 0) is 0 Å². The fourth-order valence-electron chi connectivity index (χ4n) is 1.81. The van der Waals surface area contributed by atoms with E-state index in [4.69, 9.17) is 10.00 Å². The van der Waals surface area contributed by atoms with Crippen molar-refractivity contribution in [2.24, 2.45) is 0 Å². The van der Waals surface area contributed by atoms with Crippen LogP contribution in [0.15, 0.2) is 23.6 Å². The largest absolute Gasteiger partial charge is 0.495 e. The third kappa shape index (κ3) is 2.85. The molecule has 0 saturated carbocycles. The molecule has 0 saturated heterocycles. The van der Waals surface area contributed by atoms with Crippen LogP contribution in [-0.4, -0.2) is 12.1 Å². The van der Waals surface area contributed by atoms with Crippen LogP contribution in [0.1, 0.15) is 29.2 Å². The highest BCUT2D eigenvalue weighted by Crippen LogP contribution is 2.31. The van der Waals surface area contributed by atoms with Crippen molar-refractivity contribution < 1.29 is 4.74 Å². The first kappa shape index (κ1) is 13.4. The minimum atomic E-state index is 0.0216. The molecule has 1 aromatic carbocycles. The van der Waals surface area contributed by atoms with Crippen molar-refractivity contribution in [1.29, 1.82) is 5.26 Å². The van der Waals surface area contributed by atoms with Gasteiger partial charge in [0.15, 0.2) is 0 Å². The molecule has 98 valence electrons. The summed E-state index contributed by atoms with van der Waals surface area (Å²) in [5.41, 5.74) is 2.25. The molecule has 0 spiro atoms. The number of benzene rings is 1. The van der Waals surface area contributed by atoms with Crippen molar-refractivity contribution in [3.8, 4) is 11.8 Å². The maximum atomic E-state index is 9.17. The minimum absolute atomic E-state index is 0.0216. The summed E-state index contributed by atoms with van der Waals surface area (Å²) in [5.74, 6) is 0.665. The molecule has 0 fully saturated rings. The Bertz CT molecular complexity index is 615. The van der Waals surface area contributed by atoms with Crippen LogP contribution in [0.3, 0.4) is 0 Å². The van der Waals surface area contributed by atoms with E-state index in [0.717, 1.165) is 10.7 Å². The fourth-order valence-corrected chi connectivity index (χ4v) is 2.52. The molecule has 5 heteroatoms. The van der Waals surface area contributed by atoms with Crippen molar-refractivity contribution in [2.45, 2.75) is 19.9 Å². The lowest BCUT2D eigenvalue weighted by Crippen LogP contribution is -2.09. The Morgan fingerprint density at radius 2 is 2.26 bits per heavy atom. The predicted octanol–water partition coefficient (Wildman–Crippen LogP) is 3.50. The van der Waals surface area contributed by atoms with E-state index in [0.29, 0.717) is 17.0 Å². The Morgan fingerprint density at radius 3 is 2.84 bits per heavy atom. The Morgan fingerprint density at radius 1 is 1.47 bits per heavy atom. The van der Waals surface area contributed by atoms with Gasteiger partial charge < -0.3 is 10.1 Å². The van der Waals surface area contributed by atoms with Gasteiger partial charge in [-0.2, -0.15) is 5.26 Å². The maximum absolute atomic E-state index is 9.17. The Hall–Kier alpha value is -2.06. The minimum Gasteiger partial charge on any atom is -0.495 e. The third-order valence-corrected chi connectivity index (χ3v) is 3.60. The standard InChI is InChI=1S/C14H15N3OS/c1-9(12-8-19-10(2)17-12)16-14-11(7-15)5-4-6-13(14)18-3/h4-6,8-9,16H,1-3H3. The molecule has 0 aliphatic carbocycles. The second-order valence-corrected chi connectivity index (χ2v) is 5.21. The number of anilines is 1. The normalized spacial score (nSPS) is 11.7. The molecule has 1 heterocycles. The Balaban J connectivity index is 2.30. The molecule has 0 aliphatic heterocycles. The summed E-state index contributed by atoms with van der Waals surface area (Å²) < 4.78 is 5.30. The number of rotatable bonds is 4. The first-order valence-corrected chi connectivity index (χ1v) is 6.79. The second-order valence-electron chi connectivity index (χ2n) is 4.15. The van der Waals surface area contributed by atoms with Crippen LogP contribution < -0.4 is 10.1 Å². The molecular weight excluding hydrogens is 258 g/mol. The molecule has 1 aromatic heterocycles. The number of hydrogen-bond acceptors (Lipinski definition) is 5. The fraction of sp³-hybridized carbons (Fsp3) is 0.286. The van der Waals surface area contributed by atoms with Gasteiger partial charge in [0.2, 0.25) is 0 Å². The average molecular weight is 273 g/mol. The summed E-state index contributed by atoms with van der Waals surface area (Å²) in [5, 5.41) is 15.5. The van der Waals surface area contributed by atoms with Crippen molar-refractivity contribution in [3.63, 3.8) is 0 Å². The molecule has 1 N–H and O–H groups in total. The molecule has 1 atom stereocenters. The lowest BCUT2D eigenvalue weighted by molar-refractivity contribution is 0.416. The van der Waals surface area contributed by atoms with E-state index in [9.17, 15) is 0 Å². The molecule has 0 amide bonds. The number of nitriles is 1. The molecule has 4 nitrogen and oxygen atoms in total. The van der Waals surface area contributed by atoms with Gasteiger partial charge in [-0.1, -0.05) is 6.07 Å². The van der Waals surface area contributed by atoms with E-state index >= 15 is 0 Å². The quantitative estimate of drug-likeness (QED) is 0.926. The van der Waals surface area contributed by atoms with Crippen LogP contribution in [0.2, 0.25) is 0 Å². The van der Waals surface area contributed by atoms with E-state index in [1.165, 1.54) is 0 Å². The first-order valence-electron chi connectivity index (χ1n) is 5.91. The van der Waals surface area contributed by atoms with E-state index < -0.39 is 0 Å². The van der Waals surface area contributed by atoms with Gasteiger partial charge in [-0.25, -0.2) is 4.98 Å². The highest BCUT2D eigenvalue weighted by atomic mass is 32.1. The smallest absolute Gasteiger partial charge is 0.143 e. The number of ether oxygens (including phenoxy) is 1. The average Bonchev–Trinajstić information content (AvgIpc) is 2.85. The van der Waals surface area contributed by atoms with E-state index in [1.807, 2.05) is 25.3 Å². The van der Waals surface area contributed by atoms with Crippen molar-refractivity contribution in [2.75, 3.05) is 12.4 Å². The number of nitrogens with one attached hydrogen (secondary N) is 1. The zero-order valence-electron chi connectivity index (χ0n) is 11.1. The van der Waals surface area contributed by atoms with Gasteiger partial charge >= 0.3 is 0 Å². The van der Waals surface area contributed by atoms with Gasteiger partial charge in [0.25, 0.3) is 0 Å². The van der Waals surface area contributed by atoms with Gasteiger partial charge in [0, 0.05) is 5.38 Å². The summed E-state index contributed by atoms with van der Waals surface area (Å²) in [7, 11) is 1.60. The summed E-state index contributed by atoms with van der Waals surface area (Å²) in [6, 6.07) is 7.60. The van der Waals surface area contributed by atoms with Gasteiger partial charge in [0.05, 0.1) is 35.1 Å².